The summed E-state index contributed by atoms with van der Waals surface area (Å²) in [6.45, 7) is 6.26. The van der Waals surface area contributed by atoms with Gasteiger partial charge >= 0.3 is 5.97 Å². The molecule has 2 aromatic carbocycles. The maximum Gasteiger partial charge on any atom is 0.339 e. The Hall–Kier alpha value is -3.53. The van der Waals surface area contributed by atoms with Crippen molar-refractivity contribution in [1.82, 2.24) is 0 Å². The van der Waals surface area contributed by atoms with Crippen LogP contribution in [0.15, 0.2) is 42.5 Å². The van der Waals surface area contributed by atoms with Crippen molar-refractivity contribution in [3.8, 4) is 17.6 Å². The van der Waals surface area contributed by atoms with Gasteiger partial charge in [-0.15, -0.1) is 0 Å². The molecule has 7 heteroatoms. The van der Waals surface area contributed by atoms with Crippen LogP contribution in [-0.4, -0.2) is 31.2 Å². The summed E-state index contributed by atoms with van der Waals surface area (Å²) < 4.78 is 16.4. The molecule has 0 heterocycles. The van der Waals surface area contributed by atoms with Gasteiger partial charge in [-0.3, -0.25) is 4.79 Å². The van der Waals surface area contributed by atoms with Crippen LogP contribution in [0.3, 0.4) is 0 Å². The van der Waals surface area contributed by atoms with Crippen molar-refractivity contribution >= 4 is 17.6 Å². The van der Waals surface area contributed by atoms with Gasteiger partial charge in [-0.25, -0.2) is 4.79 Å². The molecule has 7 nitrogen and oxygen atoms in total. The first kappa shape index (κ1) is 21.8. The molecule has 0 aliphatic heterocycles. The third-order valence-corrected chi connectivity index (χ3v) is 3.85. The number of amides is 1. The smallest absolute Gasteiger partial charge is 0.339 e. The van der Waals surface area contributed by atoms with Gasteiger partial charge in [0.05, 0.1) is 30.4 Å². The Labute approximate surface area is 170 Å². The second kappa shape index (κ2) is 10.7. The van der Waals surface area contributed by atoms with E-state index in [1.165, 1.54) is 19.1 Å². The highest BCUT2D eigenvalue weighted by atomic mass is 16.5. The Morgan fingerprint density at radius 1 is 1.10 bits per heavy atom. The van der Waals surface area contributed by atoms with Crippen LogP contribution in [0.1, 0.15) is 43.1 Å². The number of benzene rings is 2. The van der Waals surface area contributed by atoms with Crippen molar-refractivity contribution in [2.45, 2.75) is 33.3 Å². The van der Waals surface area contributed by atoms with Gasteiger partial charge in [0, 0.05) is 5.69 Å². The fourth-order valence-electron chi connectivity index (χ4n) is 2.43. The number of hydrogen-bond acceptors (Lipinski definition) is 6. The molecule has 152 valence electrons. The fraction of sp³-hybridized carbons (Fsp3) is 0.318. The zero-order valence-corrected chi connectivity index (χ0v) is 16.7. The summed E-state index contributed by atoms with van der Waals surface area (Å²) in [4.78, 5) is 24.8. The number of anilines is 1. The highest BCUT2D eigenvalue weighted by Crippen LogP contribution is 2.29. The lowest BCUT2D eigenvalue weighted by Crippen LogP contribution is -2.30. The van der Waals surface area contributed by atoms with E-state index in [0.29, 0.717) is 36.0 Å². The summed E-state index contributed by atoms with van der Waals surface area (Å²) in [5.41, 5.74) is 1.12. The molecule has 0 spiro atoms. The Kier molecular flexibility index (Phi) is 8.04. The topological polar surface area (TPSA) is 97.6 Å². The van der Waals surface area contributed by atoms with Crippen LogP contribution in [0, 0.1) is 11.3 Å². The molecule has 0 bridgehead atoms. The van der Waals surface area contributed by atoms with E-state index in [4.69, 9.17) is 19.5 Å². The minimum atomic E-state index is -1.03. The van der Waals surface area contributed by atoms with E-state index in [-0.39, 0.29) is 5.56 Å². The highest BCUT2D eigenvalue weighted by Gasteiger charge is 2.20. The first-order chi connectivity index (χ1) is 14.0. The molecule has 0 saturated heterocycles. The number of nitriles is 1. The van der Waals surface area contributed by atoms with Crippen LogP contribution >= 0.6 is 0 Å². The molecule has 0 unspecified atom stereocenters. The Morgan fingerprint density at radius 3 is 2.59 bits per heavy atom. The van der Waals surface area contributed by atoms with E-state index < -0.39 is 18.0 Å². The minimum absolute atomic E-state index is 0.253. The maximum absolute atomic E-state index is 12.5. The SMILES string of the molecule is CCCOc1ccc(C(=O)O[C@@H](C)C(=O)Nc2cccc(C#N)c2)cc1OCC. The maximum atomic E-state index is 12.5. The zero-order chi connectivity index (χ0) is 21.2. The van der Waals surface area contributed by atoms with Gasteiger partial charge in [-0.2, -0.15) is 5.26 Å². The number of carbonyl (C=O) groups excluding carboxylic acids is 2. The molecular weight excluding hydrogens is 372 g/mol. The minimum Gasteiger partial charge on any atom is -0.490 e. The molecule has 2 aromatic rings. The second-order valence-corrected chi connectivity index (χ2v) is 6.17. The van der Waals surface area contributed by atoms with Crippen molar-refractivity contribution < 1.29 is 23.8 Å². The van der Waals surface area contributed by atoms with Crippen molar-refractivity contribution in [3.05, 3.63) is 53.6 Å². The molecule has 0 fully saturated rings. The van der Waals surface area contributed by atoms with E-state index in [1.54, 1.807) is 30.3 Å². The monoisotopic (exact) mass is 396 g/mol. The molecule has 1 N–H and O–H groups in total. The number of carbonyl (C=O) groups is 2. The van der Waals surface area contributed by atoms with Gasteiger partial charge in [0.25, 0.3) is 5.91 Å². The quantitative estimate of drug-likeness (QED) is 0.645. The average Bonchev–Trinajstić information content (AvgIpc) is 2.73. The van der Waals surface area contributed by atoms with E-state index in [1.807, 2.05) is 19.9 Å². The lowest BCUT2D eigenvalue weighted by molar-refractivity contribution is -0.123. The lowest BCUT2D eigenvalue weighted by atomic mass is 10.2. The average molecular weight is 396 g/mol. The Bertz CT molecular complexity index is 904. The molecule has 0 aliphatic rings. The van der Waals surface area contributed by atoms with Crippen molar-refractivity contribution in [2.75, 3.05) is 18.5 Å². The van der Waals surface area contributed by atoms with E-state index in [9.17, 15) is 9.59 Å². The molecule has 2 rings (SSSR count). The first-order valence-corrected chi connectivity index (χ1v) is 9.40. The number of nitrogens with zero attached hydrogens (tertiary/aromatic N) is 1. The van der Waals surface area contributed by atoms with E-state index >= 15 is 0 Å². The second-order valence-electron chi connectivity index (χ2n) is 6.17. The molecule has 0 aromatic heterocycles. The molecule has 1 amide bonds. The van der Waals surface area contributed by atoms with Crippen LogP contribution in [0.25, 0.3) is 0 Å². The zero-order valence-electron chi connectivity index (χ0n) is 16.7. The standard InChI is InChI=1S/C22H24N2O5/c1-4-11-28-19-10-9-17(13-20(19)27-5-2)22(26)29-15(3)21(25)24-18-8-6-7-16(12-18)14-23/h6-10,12-13,15H,4-5,11H2,1-3H3,(H,24,25)/t15-/m0/s1. The number of esters is 1. The Morgan fingerprint density at radius 2 is 1.90 bits per heavy atom. The molecule has 0 radical (unpaired) electrons. The highest BCUT2D eigenvalue weighted by molar-refractivity contribution is 5.97. The van der Waals surface area contributed by atoms with Crippen molar-refractivity contribution in [2.24, 2.45) is 0 Å². The van der Waals surface area contributed by atoms with Gasteiger partial charge in [0.2, 0.25) is 0 Å². The third kappa shape index (κ3) is 6.25. The summed E-state index contributed by atoms with van der Waals surface area (Å²) in [5, 5.41) is 11.6. The van der Waals surface area contributed by atoms with Crippen LogP contribution in [0.5, 0.6) is 11.5 Å². The van der Waals surface area contributed by atoms with Crippen LogP contribution in [0.4, 0.5) is 5.69 Å². The molecule has 29 heavy (non-hydrogen) atoms. The summed E-state index contributed by atoms with van der Waals surface area (Å²) in [6.07, 6.45) is -0.181. The summed E-state index contributed by atoms with van der Waals surface area (Å²) >= 11 is 0. The number of ether oxygens (including phenoxy) is 3. The van der Waals surface area contributed by atoms with Crippen LogP contribution in [-0.2, 0) is 9.53 Å². The fourth-order valence-corrected chi connectivity index (χ4v) is 2.43. The van der Waals surface area contributed by atoms with Crippen molar-refractivity contribution in [1.29, 1.82) is 5.26 Å². The molecule has 1 atom stereocenters. The summed E-state index contributed by atoms with van der Waals surface area (Å²) in [7, 11) is 0. The summed E-state index contributed by atoms with van der Waals surface area (Å²) in [5.74, 6) is -0.156. The van der Waals surface area contributed by atoms with Gasteiger partial charge in [-0.1, -0.05) is 13.0 Å². The van der Waals surface area contributed by atoms with Crippen LogP contribution in [0.2, 0.25) is 0 Å². The molecular formula is C22H24N2O5. The van der Waals surface area contributed by atoms with Gasteiger partial charge in [0.15, 0.2) is 17.6 Å². The van der Waals surface area contributed by atoms with Crippen molar-refractivity contribution in [3.63, 3.8) is 0 Å². The van der Waals surface area contributed by atoms with Gasteiger partial charge < -0.3 is 19.5 Å². The number of rotatable bonds is 9. The van der Waals surface area contributed by atoms with Gasteiger partial charge in [0.1, 0.15) is 0 Å². The predicted octanol–water partition coefficient (Wildman–Crippen LogP) is 3.93. The summed E-state index contributed by atoms with van der Waals surface area (Å²) in [6, 6.07) is 13.2. The first-order valence-electron chi connectivity index (χ1n) is 9.40. The largest absolute Gasteiger partial charge is 0.490 e. The number of hydrogen-bond donors (Lipinski definition) is 1. The molecule has 0 saturated carbocycles. The third-order valence-electron chi connectivity index (χ3n) is 3.85. The van der Waals surface area contributed by atoms with E-state index in [0.717, 1.165) is 6.42 Å². The normalized spacial score (nSPS) is 11.1. The van der Waals surface area contributed by atoms with Crippen LogP contribution < -0.4 is 14.8 Å². The van der Waals surface area contributed by atoms with Gasteiger partial charge in [-0.05, 0) is 56.7 Å². The Balaban J connectivity index is 2.05. The van der Waals surface area contributed by atoms with E-state index in [2.05, 4.69) is 5.32 Å². The lowest BCUT2D eigenvalue weighted by Gasteiger charge is -2.15. The predicted molar refractivity (Wildman–Crippen MR) is 108 cm³/mol. The number of nitrogens with one attached hydrogen (secondary N) is 1. The molecule has 0 aliphatic carbocycles.